The molecule has 5 rings (SSSR count). The van der Waals surface area contributed by atoms with Gasteiger partial charge >= 0.3 is 0 Å². The van der Waals surface area contributed by atoms with E-state index in [0.29, 0.717) is 25.3 Å². The summed E-state index contributed by atoms with van der Waals surface area (Å²) in [5, 5.41) is 3.21. The highest BCUT2D eigenvalue weighted by atomic mass is 35.5. The smallest absolute Gasteiger partial charge is 0.246 e. The van der Waals surface area contributed by atoms with Gasteiger partial charge in [-0.05, 0) is 73.6 Å². The van der Waals surface area contributed by atoms with Gasteiger partial charge in [-0.25, -0.2) is 0 Å². The van der Waals surface area contributed by atoms with Crippen molar-refractivity contribution in [1.29, 1.82) is 0 Å². The molecule has 1 atom stereocenters. The first-order valence-electron chi connectivity index (χ1n) is 15.8. The van der Waals surface area contributed by atoms with Crippen LogP contribution in [-0.4, -0.2) is 66.9 Å². The first-order chi connectivity index (χ1) is 19.9. The van der Waals surface area contributed by atoms with Gasteiger partial charge < -0.3 is 19.9 Å². The molecule has 43 heavy (non-hydrogen) atoms. The molecular formula is C34H50Cl2N4O3. The highest BCUT2D eigenvalue weighted by Gasteiger charge is 2.53. The van der Waals surface area contributed by atoms with Gasteiger partial charge in [0.25, 0.3) is 0 Å². The second-order valence-corrected chi connectivity index (χ2v) is 12.6. The zero-order chi connectivity index (χ0) is 28.8. The van der Waals surface area contributed by atoms with Gasteiger partial charge in [-0.3, -0.25) is 14.5 Å². The second-order valence-electron chi connectivity index (χ2n) is 12.6. The van der Waals surface area contributed by atoms with Crippen molar-refractivity contribution in [2.75, 3.05) is 38.6 Å². The lowest BCUT2D eigenvalue weighted by Gasteiger charge is -2.52. The van der Waals surface area contributed by atoms with Crippen LogP contribution in [0, 0.1) is 5.92 Å². The summed E-state index contributed by atoms with van der Waals surface area (Å²) in [6.07, 6.45) is 10.3. The molecule has 3 aliphatic rings. The molecule has 0 unspecified atom stereocenters. The molecule has 1 spiro atoms. The number of hydrogen-bond donors (Lipinski definition) is 1. The van der Waals surface area contributed by atoms with Crippen molar-refractivity contribution in [1.82, 2.24) is 15.1 Å². The van der Waals surface area contributed by atoms with Gasteiger partial charge in [0.1, 0.15) is 23.1 Å². The van der Waals surface area contributed by atoms with Crippen molar-refractivity contribution in [2.24, 2.45) is 5.92 Å². The zero-order valence-electron chi connectivity index (χ0n) is 26.1. The molecule has 1 aliphatic carbocycles. The van der Waals surface area contributed by atoms with E-state index >= 15 is 0 Å². The molecule has 2 amide bonds. The monoisotopic (exact) mass is 632 g/mol. The van der Waals surface area contributed by atoms with E-state index in [9.17, 15) is 9.59 Å². The molecule has 2 aliphatic heterocycles. The number of piperidine rings is 1. The molecule has 1 saturated carbocycles. The molecule has 2 saturated heterocycles. The van der Waals surface area contributed by atoms with Crippen molar-refractivity contribution >= 4 is 42.3 Å². The lowest BCUT2D eigenvalue weighted by Crippen LogP contribution is -2.73. The van der Waals surface area contributed by atoms with Crippen molar-refractivity contribution in [3.05, 3.63) is 54.1 Å². The Morgan fingerprint density at radius 2 is 1.51 bits per heavy atom. The fourth-order valence-corrected chi connectivity index (χ4v) is 6.88. The van der Waals surface area contributed by atoms with Crippen LogP contribution in [0.4, 0.5) is 5.69 Å². The van der Waals surface area contributed by atoms with E-state index in [1.54, 1.807) is 0 Å². The van der Waals surface area contributed by atoms with Gasteiger partial charge in [0.05, 0.1) is 0 Å². The lowest BCUT2D eigenvalue weighted by atomic mass is 9.79. The first-order valence-corrected chi connectivity index (χ1v) is 15.8. The SMILES string of the molecule is CCCCN1C(=O)[C@H](CC2CCCCC2)NC(=O)C12CCN(Cc1ccc(Oc3ccc(N(C)C)cc3)cc1)CC2.Cl.Cl. The second kappa shape index (κ2) is 16.0. The van der Waals surface area contributed by atoms with Crippen molar-refractivity contribution in [3.63, 3.8) is 0 Å². The zero-order valence-corrected chi connectivity index (χ0v) is 27.7. The number of benzene rings is 2. The molecule has 238 valence electrons. The maximum atomic E-state index is 13.8. The van der Waals surface area contributed by atoms with E-state index in [0.717, 1.165) is 56.1 Å². The highest BCUT2D eigenvalue weighted by Crippen LogP contribution is 2.36. The third-order valence-electron chi connectivity index (χ3n) is 9.44. The number of nitrogens with one attached hydrogen (secondary N) is 1. The Bertz CT molecular complexity index is 1160. The quantitative estimate of drug-likeness (QED) is 0.311. The maximum absolute atomic E-state index is 13.8. The molecular weight excluding hydrogens is 583 g/mol. The van der Waals surface area contributed by atoms with Gasteiger partial charge in [-0.15, -0.1) is 24.8 Å². The number of ether oxygens (including phenoxy) is 1. The normalized spacial score (nSPS) is 20.6. The van der Waals surface area contributed by atoms with E-state index in [-0.39, 0.29) is 42.7 Å². The average Bonchev–Trinajstić information content (AvgIpc) is 2.99. The Morgan fingerprint density at radius 3 is 2.09 bits per heavy atom. The summed E-state index contributed by atoms with van der Waals surface area (Å²) >= 11 is 0. The summed E-state index contributed by atoms with van der Waals surface area (Å²) < 4.78 is 6.04. The molecule has 2 aromatic rings. The van der Waals surface area contributed by atoms with Gasteiger partial charge in [0.15, 0.2) is 0 Å². The van der Waals surface area contributed by atoms with Gasteiger partial charge in [-0.2, -0.15) is 0 Å². The number of unbranched alkanes of at least 4 members (excludes halogenated alkanes) is 1. The fraction of sp³-hybridized carbons (Fsp3) is 0.588. The van der Waals surface area contributed by atoms with E-state index in [2.05, 4.69) is 34.2 Å². The van der Waals surface area contributed by atoms with Crippen molar-refractivity contribution in [2.45, 2.75) is 89.3 Å². The van der Waals surface area contributed by atoms with Gasteiger partial charge in [0.2, 0.25) is 11.8 Å². The summed E-state index contributed by atoms with van der Waals surface area (Å²) in [5.41, 5.74) is 1.65. The number of nitrogens with zero attached hydrogens (tertiary/aromatic N) is 3. The summed E-state index contributed by atoms with van der Waals surface area (Å²) in [5.74, 6) is 2.43. The number of piperazine rings is 1. The van der Waals surface area contributed by atoms with Crippen LogP contribution in [0.25, 0.3) is 0 Å². The van der Waals surface area contributed by atoms with Crippen LogP contribution in [0.3, 0.4) is 0 Å². The molecule has 0 aromatic heterocycles. The van der Waals surface area contributed by atoms with Gasteiger partial charge in [-0.1, -0.05) is 57.6 Å². The largest absolute Gasteiger partial charge is 0.457 e. The number of amides is 2. The molecule has 7 nitrogen and oxygen atoms in total. The number of carbonyl (C=O) groups excluding carboxylic acids is 2. The minimum Gasteiger partial charge on any atom is -0.457 e. The minimum absolute atomic E-state index is 0. The van der Waals surface area contributed by atoms with E-state index < -0.39 is 5.54 Å². The fourth-order valence-electron chi connectivity index (χ4n) is 6.88. The lowest BCUT2D eigenvalue weighted by molar-refractivity contribution is -0.162. The van der Waals surface area contributed by atoms with Crippen LogP contribution in [0.15, 0.2) is 48.5 Å². The number of carbonyl (C=O) groups is 2. The predicted octanol–water partition coefficient (Wildman–Crippen LogP) is 6.82. The Morgan fingerprint density at radius 1 is 0.907 bits per heavy atom. The predicted molar refractivity (Wildman–Crippen MR) is 179 cm³/mol. The molecule has 2 heterocycles. The molecule has 9 heteroatoms. The van der Waals surface area contributed by atoms with Crippen LogP contribution in [0.1, 0.15) is 76.7 Å². The van der Waals surface area contributed by atoms with E-state index in [1.165, 1.54) is 37.7 Å². The van der Waals surface area contributed by atoms with Crippen molar-refractivity contribution < 1.29 is 14.3 Å². The summed E-state index contributed by atoms with van der Waals surface area (Å²) in [6.45, 7) is 5.26. The van der Waals surface area contributed by atoms with E-state index in [4.69, 9.17) is 4.74 Å². The highest BCUT2D eigenvalue weighted by molar-refractivity contribution is 6.00. The van der Waals surface area contributed by atoms with Crippen LogP contribution in [0.5, 0.6) is 11.5 Å². The topological polar surface area (TPSA) is 65.1 Å². The first kappa shape index (κ1) is 35.0. The summed E-state index contributed by atoms with van der Waals surface area (Å²) in [7, 11) is 4.05. The number of likely N-dealkylation sites (tertiary alicyclic amines) is 1. The van der Waals surface area contributed by atoms with Gasteiger partial charge in [0, 0.05) is 46.0 Å². The Kier molecular flexibility index (Phi) is 13.0. The summed E-state index contributed by atoms with van der Waals surface area (Å²) in [4.78, 5) is 34.0. The molecule has 1 N–H and O–H groups in total. The van der Waals surface area contributed by atoms with Crippen LogP contribution in [-0.2, 0) is 16.1 Å². The number of hydrogen-bond acceptors (Lipinski definition) is 5. The Labute approximate surface area is 270 Å². The number of rotatable bonds is 10. The van der Waals surface area contributed by atoms with Crippen molar-refractivity contribution in [3.8, 4) is 11.5 Å². The van der Waals surface area contributed by atoms with Crippen LogP contribution < -0.4 is 15.0 Å². The maximum Gasteiger partial charge on any atom is 0.246 e. The molecule has 3 fully saturated rings. The number of halogens is 2. The standard InChI is InChI=1S/C34H48N4O3.2ClH/c1-4-5-21-38-32(39)31(24-26-9-7-6-8-10-26)35-33(40)34(38)19-22-37(23-20-34)25-27-11-15-29(16-12-27)41-30-17-13-28(14-18-30)36(2)3;;/h11-18,26,31H,4-10,19-25H2,1-3H3,(H,35,40);2*1H/t31-;;/m0../s1. The molecule has 0 bridgehead atoms. The summed E-state index contributed by atoms with van der Waals surface area (Å²) in [6, 6.07) is 16.0. The number of anilines is 1. The van der Waals surface area contributed by atoms with Crippen LogP contribution in [0.2, 0.25) is 0 Å². The van der Waals surface area contributed by atoms with Crippen LogP contribution >= 0.6 is 24.8 Å². The Hall–Kier alpha value is -2.48. The Balaban J connectivity index is 0.00000253. The minimum atomic E-state index is -0.703. The molecule has 0 radical (unpaired) electrons. The third-order valence-corrected chi connectivity index (χ3v) is 9.44. The third kappa shape index (κ3) is 8.37. The molecule has 2 aromatic carbocycles. The average molecular weight is 634 g/mol. The van der Waals surface area contributed by atoms with E-state index in [1.807, 2.05) is 55.4 Å².